The molecule has 2 rings (SSSR count). The molecule has 2 nitrogen and oxygen atoms in total. The summed E-state index contributed by atoms with van der Waals surface area (Å²) in [6.45, 7) is 0. The lowest BCUT2D eigenvalue weighted by molar-refractivity contribution is 1.46. The Morgan fingerprint density at radius 1 is 1.06 bits per heavy atom. The van der Waals surface area contributed by atoms with E-state index in [4.69, 9.17) is 11.0 Å². The Labute approximate surface area is 98.7 Å². The van der Waals surface area contributed by atoms with Crippen LogP contribution in [0.5, 0.6) is 0 Å². The highest BCUT2D eigenvalue weighted by Gasteiger charge is 2.03. The Kier molecular flexibility index (Phi) is 3.13. The van der Waals surface area contributed by atoms with E-state index in [-0.39, 0.29) is 0 Å². The van der Waals surface area contributed by atoms with E-state index in [1.54, 1.807) is 0 Å². The Balaban J connectivity index is 2.48. The van der Waals surface area contributed by atoms with E-state index < -0.39 is 0 Å². The molecule has 0 radical (unpaired) electrons. The molecule has 0 fully saturated rings. The van der Waals surface area contributed by atoms with Crippen LogP contribution in [0.1, 0.15) is 0 Å². The van der Waals surface area contributed by atoms with Crippen molar-refractivity contribution in [3.63, 3.8) is 0 Å². The molecule has 0 unspecified atom stereocenters. The topological polar surface area (TPSA) is 49.8 Å². The number of hydrogen-bond acceptors (Lipinski definition) is 3. The van der Waals surface area contributed by atoms with E-state index in [1.165, 1.54) is 0 Å². The van der Waals surface area contributed by atoms with E-state index in [2.05, 4.69) is 5.40 Å². The van der Waals surface area contributed by atoms with Crippen LogP contribution in [0, 0.1) is 10.7 Å². The molecule has 0 amide bonds. The molecule has 0 aliphatic heterocycles. The Bertz CT molecular complexity index is 529. The van der Waals surface area contributed by atoms with Gasteiger partial charge in [-0.05, 0) is 35.5 Å². The summed E-state index contributed by atoms with van der Waals surface area (Å²) in [6, 6.07) is 15.6. The summed E-state index contributed by atoms with van der Waals surface area (Å²) in [5.41, 5.74) is 8.70. The van der Waals surface area contributed by atoms with Crippen molar-refractivity contribution in [1.29, 1.82) is 5.26 Å². The maximum Gasteiger partial charge on any atom is 0.138 e. The smallest absolute Gasteiger partial charge is 0.138 e. The Hall–Kier alpha value is -1.92. The van der Waals surface area contributed by atoms with Gasteiger partial charge in [0.2, 0.25) is 0 Å². The summed E-state index contributed by atoms with van der Waals surface area (Å²) in [5, 5.41) is 10.7. The largest absolute Gasteiger partial charge is 0.398 e. The highest BCUT2D eigenvalue weighted by atomic mass is 32.2. The number of thioether (sulfide) groups is 1. The monoisotopic (exact) mass is 226 g/mol. The summed E-state index contributed by atoms with van der Waals surface area (Å²) >= 11 is 1.14. The van der Waals surface area contributed by atoms with Crippen molar-refractivity contribution in [2.45, 2.75) is 4.90 Å². The third kappa shape index (κ3) is 2.18. The van der Waals surface area contributed by atoms with Crippen LogP contribution in [0.2, 0.25) is 0 Å². The van der Waals surface area contributed by atoms with Crippen molar-refractivity contribution >= 4 is 17.4 Å². The van der Waals surface area contributed by atoms with Crippen molar-refractivity contribution in [2.75, 3.05) is 5.73 Å². The van der Waals surface area contributed by atoms with Crippen LogP contribution in [0.15, 0.2) is 53.4 Å². The van der Waals surface area contributed by atoms with Crippen molar-refractivity contribution in [1.82, 2.24) is 0 Å². The quantitative estimate of drug-likeness (QED) is 0.484. The molecule has 0 aliphatic rings. The lowest BCUT2D eigenvalue weighted by Crippen LogP contribution is -1.89. The number of anilines is 1. The Morgan fingerprint density at radius 3 is 2.50 bits per heavy atom. The van der Waals surface area contributed by atoms with Crippen molar-refractivity contribution in [3.8, 4) is 16.5 Å². The van der Waals surface area contributed by atoms with Gasteiger partial charge in [0.25, 0.3) is 0 Å². The van der Waals surface area contributed by atoms with E-state index in [0.29, 0.717) is 0 Å². The molecule has 0 bridgehead atoms. The first kappa shape index (κ1) is 10.6. The molecule has 0 saturated carbocycles. The number of nitrogens with two attached hydrogens (primary N) is 1. The van der Waals surface area contributed by atoms with Crippen LogP contribution in [0.4, 0.5) is 5.69 Å². The third-order valence-electron chi connectivity index (χ3n) is 2.27. The summed E-state index contributed by atoms with van der Waals surface area (Å²) in [7, 11) is 0. The number of thiocyanates is 1. The molecule has 0 aliphatic carbocycles. The van der Waals surface area contributed by atoms with Gasteiger partial charge in [0.05, 0.1) is 0 Å². The number of rotatable bonds is 2. The first-order chi connectivity index (χ1) is 7.81. The number of benzene rings is 2. The molecule has 0 spiro atoms. The van der Waals surface area contributed by atoms with Gasteiger partial charge in [-0.25, -0.2) is 0 Å². The van der Waals surface area contributed by atoms with Gasteiger partial charge in [0, 0.05) is 16.1 Å². The summed E-state index contributed by atoms with van der Waals surface area (Å²) in [4.78, 5) is 0.913. The molecule has 0 aromatic heterocycles. The number of nitrogens with zero attached hydrogens (tertiary/aromatic N) is 1. The molecule has 0 atom stereocenters. The van der Waals surface area contributed by atoms with Gasteiger partial charge in [-0.3, -0.25) is 0 Å². The average molecular weight is 226 g/mol. The summed E-state index contributed by atoms with van der Waals surface area (Å²) in [5.74, 6) is 0. The summed E-state index contributed by atoms with van der Waals surface area (Å²) < 4.78 is 0. The molecule has 3 heteroatoms. The minimum Gasteiger partial charge on any atom is -0.398 e. The highest BCUT2D eigenvalue weighted by Crippen LogP contribution is 2.30. The Morgan fingerprint density at radius 2 is 1.81 bits per heavy atom. The fourth-order valence-electron chi connectivity index (χ4n) is 1.52. The van der Waals surface area contributed by atoms with E-state index in [9.17, 15) is 0 Å². The second kappa shape index (κ2) is 4.73. The third-order valence-corrected chi connectivity index (χ3v) is 2.85. The van der Waals surface area contributed by atoms with Gasteiger partial charge in [0.1, 0.15) is 5.40 Å². The van der Waals surface area contributed by atoms with Crippen LogP contribution in [-0.2, 0) is 0 Å². The predicted molar refractivity (Wildman–Crippen MR) is 67.8 cm³/mol. The van der Waals surface area contributed by atoms with Gasteiger partial charge in [0.15, 0.2) is 0 Å². The zero-order chi connectivity index (χ0) is 11.4. The van der Waals surface area contributed by atoms with Gasteiger partial charge in [-0.15, -0.1) is 0 Å². The van der Waals surface area contributed by atoms with Crippen molar-refractivity contribution in [3.05, 3.63) is 48.5 Å². The second-order valence-corrected chi connectivity index (χ2v) is 4.17. The molecule has 0 saturated heterocycles. The van der Waals surface area contributed by atoms with Gasteiger partial charge in [-0.1, -0.05) is 30.3 Å². The fourth-order valence-corrected chi connectivity index (χ4v) is 1.94. The van der Waals surface area contributed by atoms with Gasteiger partial charge < -0.3 is 5.73 Å². The van der Waals surface area contributed by atoms with Crippen LogP contribution < -0.4 is 5.73 Å². The van der Waals surface area contributed by atoms with Crippen molar-refractivity contribution < 1.29 is 0 Å². The minimum atomic E-state index is 0.730. The SMILES string of the molecule is N#CSc1ccc(N)c(-c2ccccc2)c1. The number of hydrogen-bond donors (Lipinski definition) is 1. The number of nitriles is 1. The normalized spacial score (nSPS) is 9.69. The van der Waals surface area contributed by atoms with Crippen LogP contribution in [-0.4, -0.2) is 0 Å². The molecule has 16 heavy (non-hydrogen) atoms. The predicted octanol–water partition coefficient (Wildman–Crippen LogP) is 3.51. The lowest BCUT2D eigenvalue weighted by Gasteiger charge is -2.06. The maximum absolute atomic E-state index is 8.63. The first-order valence-electron chi connectivity index (χ1n) is 4.82. The zero-order valence-electron chi connectivity index (χ0n) is 8.55. The molecule has 2 N–H and O–H groups in total. The van der Waals surface area contributed by atoms with Crippen LogP contribution in [0.3, 0.4) is 0 Å². The fraction of sp³-hybridized carbons (Fsp3) is 0. The lowest BCUT2D eigenvalue weighted by atomic mass is 10.0. The second-order valence-electron chi connectivity index (χ2n) is 3.31. The average Bonchev–Trinajstić information content (AvgIpc) is 2.33. The molecule has 78 valence electrons. The number of nitrogen functional groups attached to an aromatic ring is 1. The molecular weight excluding hydrogens is 216 g/mol. The van der Waals surface area contributed by atoms with E-state index in [0.717, 1.165) is 33.5 Å². The standard InChI is InChI=1S/C13H10N2S/c14-9-16-11-6-7-13(15)12(8-11)10-4-2-1-3-5-10/h1-8H,15H2. The summed E-state index contributed by atoms with van der Waals surface area (Å²) in [6.07, 6.45) is 0. The first-order valence-corrected chi connectivity index (χ1v) is 5.64. The van der Waals surface area contributed by atoms with Gasteiger partial charge in [-0.2, -0.15) is 5.26 Å². The zero-order valence-corrected chi connectivity index (χ0v) is 9.37. The molecular formula is C13H10N2S. The molecule has 2 aromatic carbocycles. The molecule has 0 heterocycles. The maximum atomic E-state index is 8.63. The highest BCUT2D eigenvalue weighted by molar-refractivity contribution is 8.03. The van der Waals surface area contributed by atoms with Crippen LogP contribution in [0.25, 0.3) is 11.1 Å². The van der Waals surface area contributed by atoms with Crippen molar-refractivity contribution in [2.24, 2.45) is 0 Å². The minimum absolute atomic E-state index is 0.730. The van der Waals surface area contributed by atoms with E-state index in [1.807, 2.05) is 48.5 Å². The molecule has 2 aromatic rings. The van der Waals surface area contributed by atoms with E-state index >= 15 is 0 Å². The van der Waals surface area contributed by atoms with Crippen LogP contribution >= 0.6 is 11.8 Å². The van der Waals surface area contributed by atoms with Gasteiger partial charge >= 0.3 is 0 Å².